The van der Waals surface area contributed by atoms with E-state index in [2.05, 4.69) is 204 Å². The number of nitrogens with zero attached hydrogens (tertiary/aromatic N) is 2. The van der Waals surface area contributed by atoms with Crippen LogP contribution >= 0.6 is 0 Å². The van der Waals surface area contributed by atoms with Crippen LogP contribution in [-0.2, 0) is 0 Å². The third-order valence-electron chi connectivity index (χ3n) is 11.0. The minimum Gasteiger partial charge on any atom is -0.456 e. The number of aromatic nitrogens is 1. The molecule has 0 aliphatic carbocycles. The first kappa shape index (κ1) is 31.2. The Morgan fingerprint density at radius 1 is 0.364 bits per heavy atom. The molecule has 0 aliphatic rings. The number of furan rings is 1. The van der Waals surface area contributed by atoms with Crippen molar-refractivity contribution in [2.75, 3.05) is 4.90 Å². The van der Waals surface area contributed by atoms with Gasteiger partial charge >= 0.3 is 0 Å². The SMILES string of the molecule is c1ccc(-n2c3ccccc3c3ccccc32)c(-c2ccc(-c3ccc(N(c4cccc5ccccc45)c4cccc5oc6ccccc6c45)cc3)cc2)c1. The zero-order valence-corrected chi connectivity index (χ0v) is 29.9. The summed E-state index contributed by atoms with van der Waals surface area (Å²) < 4.78 is 8.76. The van der Waals surface area contributed by atoms with Gasteiger partial charge in [0.05, 0.1) is 33.5 Å². The zero-order valence-electron chi connectivity index (χ0n) is 29.9. The fourth-order valence-corrected chi connectivity index (χ4v) is 8.49. The molecule has 0 N–H and O–H groups in total. The second-order valence-corrected chi connectivity index (χ2v) is 14.1. The molecule has 0 atom stereocenters. The van der Waals surface area contributed by atoms with Crippen molar-refractivity contribution < 1.29 is 4.42 Å². The topological polar surface area (TPSA) is 21.3 Å². The number of rotatable bonds is 6. The van der Waals surface area contributed by atoms with Crippen molar-refractivity contribution in [3.05, 3.63) is 206 Å². The van der Waals surface area contributed by atoms with Gasteiger partial charge in [0.15, 0.2) is 0 Å². The Balaban J connectivity index is 0.999. The van der Waals surface area contributed by atoms with Crippen LogP contribution in [0.3, 0.4) is 0 Å². The van der Waals surface area contributed by atoms with E-state index in [0.717, 1.165) is 44.6 Å². The molecule has 0 aliphatic heterocycles. The lowest BCUT2D eigenvalue weighted by Gasteiger charge is -2.27. The molecule has 0 radical (unpaired) electrons. The molecule has 3 heteroatoms. The second kappa shape index (κ2) is 12.6. The first-order valence-corrected chi connectivity index (χ1v) is 18.8. The maximum absolute atomic E-state index is 6.36. The van der Waals surface area contributed by atoms with Gasteiger partial charge in [0.2, 0.25) is 0 Å². The molecule has 3 nitrogen and oxygen atoms in total. The van der Waals surface area contributed by atoms with Gasteiger partial charge in [-0.15, -0.1) is 0 Å². The van der Waals surface area contributed by atoms with E-state index in [0.29, 0.717) is 0 Å². The summed E-state index contributed by atoms with van der Waals surface area (Å²) in [4.78, 5) is 2.38. The number of para-hydroxylation sites is 4. The van der Waals surface area contributed by atoms with Crippen LogP contribution in [0.15, 0.2) is 211 Å². The van der Waals surface area contributed by atoms with Gasteiger partial charge in [-0.2, -0.15) is 0 Å². The quantitative estimate of drug-likeness (QED) is 0.172. The highest BCUT2D eigenvalue weighted by atomic mass is 16.3. The molecule has 258 valence electrons. The van der Waals surface area contributed by atoms with Crippen LogP contribution in [0, 0.1) is 0 Å². The lowest BCUT2D eigenvalue weighted by Crippen LogP contribution is -2.10. The summed E-state index contributed by atoms with van der Waals surface area (Å²) >= 11 is 0. The predicted molar refractivity (Wildman–Crippen MR) is 231 cm³/mol. The molecular formula is C52H34N2O. The molecule has 2 aromatic heterocycles. The summed E-state index contributed by atoms with van der Waals surface area (Å²) in [6.07, 6.45) is 0. The van der Waals surface area contributed by atoms with Gasteiger partial charge in [-0.1, -0.05) is 152 Å². The Kier molecular flexibility index (Phi) is 7.17. The Morgan fingerprint density at radius 2 is 0.891 bits per heavy atom. The van der Waals surface area contributed by atoms with Crippen LogP contribution in [0.5, 0.6) is 0 Å². The van der Waals surface area contributed by atoms with E-state index in [9.17, 15) is 0 Å². The van der Waals surface area contributed by atoms with Crippen molar-refractivity contribution in [2.45, 2.75) is 0 Å². The zero-order chi connectivity index (χ0) is 36.3. The minimum atomic E-state index is 0.875. The standard InChI is InChI=1S/C52H34N2O/c1-2-15-40-37(13-1)14-11-23-45(40)53(49-24-12-26-51-52(49)44-19-6-10-25-50(44)55-51)39-33-31-36(32-34-39)35-27-29-38(30-28-35)41-16-3-7-20-46(41)54-47-21-8-4-17-42(47)43-18-5-9-22-48(43)54/h1-34H. The van der Waals surface area contributed by atoms with Gasteiger partial charge in [-0.25, -0.2) is 0 Å². The van der Waals surface area contributed by atoms with Gasteiger partial charge in [-0.3, -0.25) is 0 Å². The summed E-state index contributed by atoms with van der Waals surface area (Å²) in [5.41, 5.74) is 13.3. The van der Waals surface area contributed by atoms with Crippen LogP contribution in [0.1, 0.15) is 0 Å². The number of hydrogen-bond donors (Lipinski definition) is 0. The van der Waals surface area contributed by atoms with Crippen molar-refractivity contribution in [1.29, 1.82) is 0 Å². The van der Waals surface area contributed by atoms with E-state index in [1.165, 1.54) is 55.0 Å². The van der Waals surface area contributed by atoms with Gasteiger partial charge in [0.25, 0.3) is 0 Å². The van der Waals surface area contributed by atoms with Crippen LogP contribution in [0.25, 0.3) is 82.5 Å². The van der Waals surface area contributed by atoms with Crippen LogP contribution in [0.4, 0.5) is 17.1 Å². The molecule has 2 heterocycles. The highest BCUT2D eigenvalue weighted by Crippen LogP contribution is 2.45. The molecule has 0 fully saturated rings. The second-order valence-electron chi connectivity index (χ2n) is 14.1. The molecular weight excluding hydrogens is 669 g/mol. The van der Waals surface area contributed by atoms with Crippen molar-refractivity contribution in [2.24, 2.45) is 0 Å². The normalized spacial score (nSPS) is 11.6. The van der Waals surface area contributed by atoms with Crippen LogP contribution in [0.2, 0.25) is 0 Å². The summed E-state index contributed by atoms with van der Waals surface area (Å²) in [5, 5.41) is 7.13. The Hall–Kier alpha value is -7.36. The lowest BCUT2D eigenvalue weighted by atomic mass is 9.98. The molecule has 55 heavy (non-hydrogen) atoms. The van der Waals surface area contributed by atoms with E-state index >= 15 is 0 Å². The van der Waals surface area contributed by atoms with Crippen LogP contribution < -0.4 is 4.90 Å². The number of hydrogen-bond acceptors (Lipinski definition) is 2. The summed E-state index contributed by atoms with van der Waals surface area (Å²) in [6.45, 7) is 0. The van der Waals surface area contributed by atoms with Gasteiger partial charge in [-0.05, 0) is 76.7 Å². The Bertz CT molecular complexity index is 3150. The van der Waals surface area contributed by atoms with Crippen molar-refractivity contribution in [3.63, 3.8) is 0 Å². The third-order valence-corrected chi connectivity index (χ3v) is 11.0. The smallest absolute Gasteiger partial charge is 0.137 e. The molecule has 11 rings (SSSR count). The average molecular weight is 703 g/mol. The van der Waals surface area contributed by atoms with Gasteiger partial charge < -0.3 is 13.9 Å². The van der Waals surface area contributed by atoms with Gasteiger partial charge in [0.1, 0.15) is 11.2 Å². The average Bonchev–Trinajstić information content (AvgIpc) is 3.81. The summed E-state index contributed by atoms with van der Waals surface area (Å²) in [6, 6.07) is 73.9. The maximum atomic E-state index is 6.36. The molecule has 0 spiro atoms. The van der Waals surface area contributed by atoms with Crippen LogP contribution in [-0.4, -0.2) is 4.57 Å². The molecule has 0 saturated heterocycles. The maximum Gasteiger partial charge on any atom is 0.137 e. The predicted octanol–water partition coefficient (Wildman–Crippen LogP) is 14.6. The summed E-state index contributed by atoms with van der Waals surface area (Å²) in [7, 11) is 0. The van der Waals surface area contributed by atoms with Crippen molar-refractivity contribution >= 4 is 71.6 Å². The molecule has 11 aromatic rings. The van der Waals surface area contributed by atoms with E-state index < -0.39 is 0 Å². The van der Waals surface area contributed by atoms with E-state index in [1.807, 2.05) is 12.1 Å². The first-order valence-electron chi connectivity index (χ1n) is 18.8. The highest BCUT2D eigenvalue weighted by Gasteiger charge is 2.21. The van der Waals surface area contributed by atoms with E-state index in [-0.39, 0.29) is 0 Å². The molecule has 0 saturated carbocycles. The van der Waals surface area contributed by atoms with Crippen molar-refractivity contribution in [3.8, 4) is 27.9 Å². The molecule has 0 amide bonds. The van der Waals surface area contributed by atoms with Crippen molar-refractivity contribution in [1.82, 2.24) is 4.57 Å². The number of anilines is 3. The Labute approximate surface area is 318 Å². The molecule has 0 unspecified atom stereocenters. The lowest BCUT2D eigenvalue weighted by molar-refractivity contribution is 0.669. The monoisotopic (exact) mass is 702 g/mol. The van der Waals surface area contributed by atoms with Gasteiger partial charge in [0, 0.05) is 32.8 Å². The van der Waals surface area contributed by atoms with E-state index in [1.54, 1.807) is 0 Å². The molecule has 9 aromatic carbocycles. The Morgan fingerprint density at radius 3 is 1.65 bits per heavy atom. The molecule has 0 bridgehead atoms. The summed E-state index contributed by atoms with van der Waals surface area (Å²) in [5.74, 6) is 0. The third kappa shape index (κ3) is 5.05. The number of fused-ring (bicyclic) bond motifs is 7. The fourth-order valence-electron chi connectivity index (χ4n) is 8.49. The number of benzene rings is 9. The largest absolute Gasteiger partial charge is 0.456 e. The highest BCUT2D eigenvalue weighted by molar-refractivity contribution is 6.15. The first-order chi connectivity index (χ1) is 27.3. The van der Waals surface area contributed by atoms with E-state index in [4.69, 9.17) is 4.42 Å². The fraction of sp³-hybridized carbons (Fsp3) is 0. The minimum absolute atomic E-state index is 0.875.